The van der Waals surface area contributed by atoms with E-state index in [0.29, 0.717) is 18.2 Å². The van der Waals surface area contributed by atoms with Crippen molar-refractivity contribution < 1.29 is 5.11 Å². The van der Waals surface area contributed by atoms with Crippen molar-refractivity contribution in [3.05, 3.63) is 41.9 Å². The number of rotatable bonds is 6. The summed E-state index contributed by atoms with van der Waals surface area (Å²) in [5.41, 5.74) is 6.47. The molecule has 4 aromatic rings. The van der Waals surface area contributed by atoms with Gasteiger partial charge >= 0.3 is 0 Å². The molecule has 9 heteroatoms. The quantitative estimate of drug-likeness (QED) is 0.391. The predicted octanol–water partition coefficient (Wildman–Crippen LogP) is 2.97. The number of hydrogen-bond acceptors (Lipinski definition) is 7. The molecular weight excluding hydrogens is 416 g/mol. The maximum atomic E-state index is 9.86. The average molecular weight is 445 g/mol. The highest BCUT2D eigenvalue weighted by atomic mass is 16.3. The number of piperidine rings is 1. The summed E-state index contributed by atoms with van der Waals surface area (Å²) in [5, 5.41) is 26.2. The molecule has 0 bridgehead atoms. The number of pyridine rings is 2. The highest BCUT2D eigenvalue weighted by Crippen LogP contribution is 2.36. The van der Waals surface area contributed by atoms with Gasteiger partial charge in [-0.05, 0) is 37.0 Å². The molecule has 0 aliphatic carbocycles. The summed E-state index contributed by atoms with van der Waals surface area (Å²) in [6.07, 6.45) is 5.44. The first-order valence-corrected chi connectivity index (χ1v) is 11.4. The second kappa shape index (κ2) is 8.81. The van der Waals surface area contributed by atoms with Crippen LogP contribution in [-0.4, -0.2) is 55.3 Å². The molecule has 1 aliphatic rings. The van der Waals surface area contributed by atoms with Crippen LogP contribution in [0.25, 0.3) is 27.9 Å². The van der Waals surface area contributed by atoms with Gasteiger partial charge in [0.1, 0.15) is 12.1 Å². The Balaban J connectivity index is 1.52. The fourth-order valence-corrected chi connectivity index (χ4v) is 4.79. The van der Waals surface area contributed by atoms with Crippen LogP contribution in [-0.2, 0) is 6.61 Å². The Morgan fingerprint density at radius 1 is 1.30 bits per heavy atom. The minimum atomic E-state index is -0.102. The number of aliphatic hydroxyl groups excluding tert-OH is 1. The van der Waals surface area contributed by atoms with Gasteiger partial charge in [0.15, 0.2) is 5.65 Å². The summed E-state index contributed by atoms with van der Waals surface area (Å²) in [4.78, 5) is 15.2. The molecule has 0 unspecified atom stereocenters. The average Bonchev–Trinajstić information content (AvgIpc) is 3.46. The molecule has 33 heavy (non-hydrogen) atoms. The van der Waals surface area contributed by atoms with Gasteiger partial charge in [-0.25, -0.2) is 14.5 Å². The van der Waals surface area contributed by atoms with E-state index in [1.54, 1.807) is 4.52 Å². The van der Waals surface area contributed by atoms with Gasteiger partial charge < -0.3 is 20.3 Å². The van der Waals surface area contributed by atoms with E-state index in [2.05, 4.69) is 57.3 Å². The van der Waals surface area contributed by atoms with E-state index in [1.165, 1.54) is 6.33 Å². The SMILES string of the molecule is CC(C)c1c(-c2cc(CO)c3ncnn3c2)[nH]c2ccc(N3CCC(NCC#N)CC3)nc12. The lowest BCUT2D eigenvalue weighted by atomic mass is 9.98. The van der Waals surface area contributed by atoms with Crippen molar-refractivity contribution in [2.75, 3.05) is 24.5 Å². The number of anilines is 1. The van der Waals surface area contributed by atoms with Gasteiger partial charge in [0.05, 0.1) is 35.9 Å². The van der Waals surface area contributed by atoms with Gasteiger partial charge in [-0.1, -0.05) is 13.8 Å². The van der Waals surface area contributed by atoms with Crippen LogP contribution in [0.4, 0.5) is 5.82 Å². The predicted molar refractivity (Wildman–Crippen MR) is 127 cm³/mol. The van der Waals surface area contributed by atoms with Crippen molar-refractivity contribution in [3.8, 4) is 17.3 Å². The molecule has 1 saturated heterocycles. The van der Waals surface area contributed by atoms with Gasteiger partial charge in [-0.2, -0.15) is 10.4 Å². The Morgan fingerprint density at radius 2 is 2.12 bits per heavy atom. The fraction of sp³-hybridized carbons (Fsp3) is 0.417. The molecule has 0 atom stereocenters. The van der Waals surface area contributed by atoms with Crippen LogP contribution in [0.5, 0.6) is 0 Å². The number of nitrogens with one attached hydrogen (secondary N) is 2. The lowest BCUT2D eigenvalue weighted by Gasteiger charge is -2.33. The van der Waals surface area contributed by atoms with Crippen LogP contribution in [0.3, 0.4) is 0 Å². The van der Waals surface area contributed by atoms with Gasteiger partial charge in [-0.15, -0.1) is 0 Å². The smallest absolute Gasteiger partial charge is 0.160 e. The van der Waals surface area contributed by atoms with E-state index in [0.717, 1.165) is 65.2 Å². The number of aromatic amines is 1. The molecule has 3 N–H and O–H groups in total. The number of nitriles is 1. The zero-order valence-corrected chi connectivity index (χ0v) is 18.9. The standard InChI is InChI=1S/C24H28N8O/c1-15(2)21-22(16-11-17(13-33)24-27-14-28-32(24)12-16)29-19-3-4-20(30-23(19)21)31-9-5-18(6-10-31)26-8-7-25/h3-4,11-12,14-15,18,26,29,33H,5-6,8-10,13H2,1-2H3. The van der Waals surface area contributed by atoms with Crippen molar-refractivity contribution in [1.82, 2.24) is 29.9 Å². The number of fused-ring (bicyclic) bond motifs is 2. The first kappa shape index (κ1) is 21.4. The molecule has 0 aromatic carbocycles. The monoisotopic (exact) mass is 444 g/mol. The second-order valence-electron chi connectivity index (χ2n) is 8.87. The van der Waals surface area contributed by atoms with E-state index in [9.17, 15) is 5.11 Å². The third-order valence-corrected chi connectivity index (χ3v) is 6.44. The first-order valence-electron chi connectivity index (χ1n) is 11.4. The summed E-state index contributed by atoms with van der Waals surface area (Å²) >= 11 is 0. The molecule has 4 aromatic heterocycles. The van der Waals surface area contributed by atoms with Crippen LogP contribution >= 0.6 is 0 Å². The van der Waals surface area contributed by atoms with Crippen molar-refractivity contribution in [3.63, 3.8) is 0 Å². The summed E-state index contributed by atoms with van der Waals surface area (Å²) in [5.74, 6) is 1.23. The third-order valence-electron chi connectivity index (χ3n) is 6.44. The maximum Gasteiger partial charge on any atom is 0.160 e. The lowest BCUT2D eigenvalue weighted by molar-refractivity contribution is 0.282. The zero-order valence-electron chi connectivity index (χ0n) is 18.9. The third kappa shape index (κ3) is 3.92. The Morgan fingerprint density at radius 3 is 2.85 bits per heavy atom. The van der Waals surface area contributed by atoms with E-state index >= 15 is 0 Å². The Labute approximate surface area is 192 Å². The fourth-order valence-electron chi connectivity index (χ4n) is 4.79. The molecule has 170 valence electrons. The lowest BCUT2D eigenvalue weighted by Crippen LogP contribution is -2.42. The number of hydrogen-bond donors (Lipinski definition) is 3. The normalized spacial score (nSPS) is 15.1. The molecule has 0 spiro atoms. The molecule has 5 rings (SSSR count). The molecule has 0 amide bonds. The molecule has 0 radical (unpaired) electrons. The summed E-state index contributed by atoms with van der Waals surface area (Å²) in [7, 11) is 0. The van der Waals surface area contributed by atoms with E-state index < -0.39 is 0 Å². The Hall–Kier alpha value is -3.48. The number of nitrogens with zero attached hydrogens (tertiary/aromatic N) is 6. The molecule has 5 heterocycles. The van der Waals surface area contributed by atoms with Crippen molar-refractivity contribution in [2.24, 2.45) is 0 Å². The minimum Gasteiger partial charge on any atom is -0.392 e. The Bertz CT molecular complexity index is 1320. The van der Waals surface area contributed by atoms with Crippen LogP contribution < -0.4 is 10.2 Å². The van der Waals surface area contributed by atoms with E-state index in [-0.39, 0.29) is 12.5 Å². The highest BCUT2D eigenvalue weighted by Gasteiger charge is 2.23. The largest absolute Gasteiger partial charge is 0.392 e. The van der Waals surface area contributed by atoms with Gasteiger partial charge in [0.2, 0.25) is 0 Å². The van der Waals surface area contributed by atoms with E-state index in [1.807, 2.05) is 12.3 Å². The first-order chi connectivity index (χ1) is 16.1. The topological polar surface area (TPSA) is 118 Å². The summed E-state index contributed by atoms with van der Waals surface area (Å²) < 4.78 is 1.71. The van der Waals surface area contributed by atoms with Gasteiger partial charge in [0.25, 0.3) is 0 Å². The molecular formula is C24H28N8O. The van der Waals surface area contributed by atoms with Crippen LogP contribution in [0.15, 0.2) is 30.7 Å². The van der Waals surface area contributed by atoms with Crippen molar-refractivity contribution in [2.45, 2.75) is 45.3 Å². The summed E-state index contributed by atoms with van der Waals surface area (Å²) in [6.45, 7) is 6.48. The molecule has 1 fully saturated rings. The van der Waals surface area contributed by atoms with Crippen LogP contribution in [0.1, 0.15) is 43.7 Å². The van der Waals surface area contributed by atoms with Gasteiger partial charge in [0, 0.05) is 42.0 Å². The molecule has 9 nitrogen and oxygen atoms in total. The Kier molecular flexibility index (Phi) is 5.70. The summed E-state index contributed by atoms with van der Waals surface area (Å²) in [6, 6.07) is 8.71. The van der Waals surface area contributed by atoms with Crippen molar-refractivity contribution >= 4 is 22.5 Å². The zero-order chi connectivity index (χ0) is 22.9. The van der Waals surface area contributed by atoms with Gasteiger partial charge in [-0.3, -0.25) is 0 Å². The second-order valence-corrected chi connectivity index (χ2v) is 8.87. The minimum absolute atomic E-state index is 0.102. The molecule has 0 saturated carbocycles. The number of aromatic nitrogens is 5. The van der Waals surface area contributed by atoms with Crippen LogP contribution in [0, 0.1) is 11.3 Å². The number of aliphatic hydroxyl groups is 1. The van der Waals surface area contributed by atoms with Crippen molar-refractivity contribution in [1.29, 1.82) is 5.26 Å². The molecule has 1 aliphatic heterocycles. The van der Waals surface area contributed by atoms with E-state index in [4.69, 9.17) is 10.2 Å². The number of H-pyrrole nitrogens is 1. The van der Waals surface area contributed by atoms with Crippen LogP contribution in [0.2, 0.25) is 0 Å². The maximum absolute atomic E-state index is 9.86. The highest BCUT2D eigenvalue weighted by molar-refractivity contribution is 5.89.